The van der Waals surface area contributed by atoms with Crippen molar-refractivity contribution in [3.05, 3.63) is 34.9 Å². The number of hydrogen-bond donors (Lipinski definition) is 0. The van der Waals surface area contributed by atoms with Gasteiger partial charge in [0.15, 0.2) is 0 Å². The first-order chi connectivity index (χ1) is 7.11. The molecule has 0 aromatic heterocycles. The maximum atomic E-state index is 11.4. The number of benzene rings is 1. The topological polar surface area (TPSA) is 17.1 Å². The normalized spacial score (nSPS) is 12.5. The maximum Gasteiger partial charge on any atom is 0.147 e. The molecule has 2 heteroatoms. The number of carbonyl (C=O) groups excluding carboxylic acids is 1. The van der Waals surface area contributed by atoms with E-state index < -0.39 is 0 Å². The number of ketones is 1. The lowest BCUT2D eigenvalue weighted by Gasteiger charge is -2.15. The van der Waals surface area contributed by atoms with Crippen molar-refractivity contribution in [2.75, 3.05) is 0 Å². The number of Topliss-reactive ketones (excluding diaryl/α,β-unsaturated/α-hetero) is 1. The first-order valence-electron chi connectivity index (χ1n) is 5.37. The Morgan fingerprint density at radius 2 is 2.00 bits per heavy atom. The van der Waals surface area contributed by atoms with Gasteiger partial charge >= 0.3 is 0 Å². The van der Waals surface area contributed by atoms with Gasteiger partial charge in [0.25, 0.3) is 0 Å². The van der Waals surface area contributed by atoms with Gasteiger partial charge in [0, 0.05) is 0 Å². The van der Waals surface area contributed by atoms with Crippen molar-refractivity contribution in [2.24, 2.45) is 0 Å². The Balaban J connectivity index is 3.22. The molecule has 82 valence electrons. The van der Waals surface area contributed by atoms with Crippen LogP contribution in [0.4, 0.5) is 0 Å². The lowest BCUT2D eigenvalue weighted by molar-refractivity contribution is -0.116. The summed E-state index contributed by atoms with van der Waals surface area (Å²) in [5.74, 6) is 0.165. The van der Waals surface area contributed by atoms with Crippen molar-refractivity contribution in [1.29, 1.82) is 0 Å². The first-order valence-corrected chi connectivity index (χ1v) is 6.28. The van der Waals surface area contributed by atoms with Gasteiger partial charge in [-0.3, -0.25) is 4.79 Å². The predicted octanol–water partition coefficient (Wildman–Crippen LogP) is 3.84. The van der Waals surface area contributed by atoms with Crippen molar-refractivity contribution in [2.45, 2.75) is 38.4 Å². The second-order valence-corrected chi connectivity index (χ2v) is 4.58. The molecule has 1 aromatic carbocycles. The van der Waals surface area contributed by atoms with Crippen LogP contribution < -0.4 is 0 Å². The van der Waals surface area contributed by atoms with E-state index in [-0.39, 0.29) is 10.6 Å². The Hall–Kier alpha value is -0.630. The highest BCUT2D eigenvalue weighted by Crippen LogP contribution is 2.29. The highest BCUT2D eigenvalue weighted by molar-refractivity contribution is 9.09. The predicted molar refractivity (Wildman–Crippen MR) is 67.5 cm³/mol. The number of aryl methyl sites for hydroxylation is 1. The molecular formula is C13H17BrO. The molecule has 0 aliphatic rings. The van der Waals surface area contributed by atoms with E-state index in [1.54, 1.807) is 6.92 Å². The summed E-state index contributed by atoms with van der Waals surface area (Å²) < 4.78 is 0. The van der Waals surface area contributed by atoms with Crippen LogP contribution in [0.15, 0.2) is 18.2 Å². The van der Waals surface area contributed by atoms with E-state index in [9.17, 15) is 4.79 Å². The van der Waals surface area contributed by atoms with Crippen LogP contribution in [0.1, 0.15) is 42.3 Å². The van der Waals surface area contributed by atoms with Crippen molar-refractivity contribution in [3.8, 4) is 0 Å². The molecule has 0 aliphatic carbocycles. The van der Waals surface area contributed by atoms with Crippen molar-refractivity contribution >= 4 is 21.7 Å². The summed E-state index contributed by atoms with van der Waals surface area (Å²) in [4.78, 5) is 11.2. The Labute approximate surface area is 100 Å². The van der Waals surface area contributed by atoms with Crippen LogP contribution in [0.2, 0.25) is 0 Å². The van der Waals surface area contributed by atoms with E-state index >= 15 is 0 Å². The lowest BCUT2D eigenvalue weighted by atomic mass is 9.94. The number of hydrogen-bond acceptors (Lipinski definition) is 1. The van der Waals surface area contributed by atoms with E-state index in [1.807, 2.05) is 12.1 Å². The Morgan fingerprint density at radius 3 is 2.47 bits per heavy atom. The average molecular weight is 269 g/mol. The zero-order valence-electron chi connectivity index (χ0n) is 9.51. The highest BCUT2D eigenvalue weighted by Gasteiger charge is 2.16. The number of alkyl halides is 1. The number of rotatable bonds is 4. The first kappa shape index (κ1) is 12.4. The quantitative estimate of drug-likeness (QED) is 0.759. The zero-order valence-corrected chi connectivity index (χ0v) is 11.1. The molecule has 1 atom stereocenters. The van der Waals surface area contributed by atoms with Crippen LogP contribution in [0, 0.1) is 0 Å². The van der Waals surface area contributed by atoms with Crippen LogP contribution >= 0.6 is 15.9 Å². The molecule has 1 rings (SSSR count). The van der Waals surface area contributed by atoms with Gasteiger partial charge in [0.05, 0.1) is 4.83 Å². The van der Waals surface area contributed by atoms with E-state index in [1.165, 1.54) is 11.1 Å². The molecule has 0 amide bonds. The molecule has 1 unspecified atom stereocenters. The van der Waals surface area contributed by atoms with E-state index in [0.717, 1.165) is 18.4 Å². The van der Waals surface area contributed by atoms with Gasteiger partial charge in [0.2, 0.25) is 0 Å². The van der Waals surface area contributed by atoms with Gasteiger partial charge in [-0.05, 0) is 36.5 Å². The Bertz CT molecular complexity index is 358. The minimum Gasteiger partial charge on any atom is -0.298 e. The van der Waals surface area contributed by atoms with Gasteiger partial charge < -0.3 is 0 Å². The standard InChI is InChI=1S/C13H17BrO/c1-4-10-7-6-8-12(11(10)5-2)13(14)9(3)15/h6-8,13H,4-5H2,1-3H3. The SMILES string of the molecule is CCc1cccc(C(Br)C(C)=O)c1CC. The molecule has 15 heavy (non-hydrogen) atoms. The van der Waals surface area contributed by atoms with Crippen LogP contribution in [-0.2, 0) is 17.6 Å². The van der Waals surface area contributed by atoms with Gasteiger partial charge in [-0.25, -0.2) is 0 Å². The van der Waals surface area contributed by atoms with Crippen LogP contribution in [-0.4, -0.2) is 5.78 Å². The molecule has 1 aromatic rings. The van der Waals surface area contributed by atoms with Crippen molar-refractivity contribution in [3.63, 3.8) is 0 Å². The van der Waals surface area contributed by atoms with Gasteiger partial charge in [0.1, 0.15) is 5.78 Å². The minimum absolute atomic E-state index is 0.154. The molecule has 0 saturated carbocycles. The molecule has 0 saturated heterocycles. The lowest BCUT2D eigenvalue weighted by Crippen LogP contribution is -2.06. The summed E-state index contributed by atoms with van der Waals surface area (Å²) in [7, 11) is 0. The summed E-state index contributed by atoms with van der Waals surface area (Å²) in [6.45, 7) is 5.91. The molecule has 0 spiro atoms. The fourth-order valence-corrected chi connectivity index (χ4v) is 2.30. The summed E-state index contributed by atoms with van der Waals surface area (Å²) in [5.41, 5.74) is 3.79. The molecule has 0 fully saturated rings. The zero-order chi connectivity index (χ0) is 11.4. The fraction of sp³-hybridized carbons (Fsp3) is 0.462. The summed E-state index contributed by atoms with van der Waals surface area (Å²) in [6.07, 6.45) is 2.00. The second-order valence-electron chi connectivity index (χ2n) is 3.67. The third-order valence-electron chi connectivity index (χ3n) is 2.67. The van der Waals surface area contributed by atoms with Crippen molar-refractivity contribution < 1.29 is 4.79 Å². The summed E-state index contributed by atoms with van der Waals surface area (Å²) in [6, 6.07) is 6.21. The number of carbonyl (C=O) groups is 1. The molecule has 0 N–H and O–H groups in total. The van der Waals surface area contributed by atoms with Crippen LogP contribution in [0.3, 0.4) is 0 Å². The fourth-order valence-electron chi connectivity index (χ4n) is 1.87. The molecular weight excluding hydrogens is 252 g/mol. The van der Waals surface area contributed by atoms with Crippen LogP contribution in [0.25, 0.3) is 0 Å². The monoisotopic (exact) mass is 268 g/mol. The van der Waals surface area contributed by atoms with Gasteiger partial charge in [-0.15, -0.1) is 0 Å². The minimum atomic E-state index is -0.154. The average Bonchev–Trinajstić information content (AvgIpc) is 2.26. The molecule has 0 heterocycles. The maximum absolute atomic E-state index is 11.4. The molecule has 0 aliphatic heterocycles. The molecule has 0 bridgehead atoms. The number of halogens is 1. The third-order valence-corrected chi connectivity index (χ3v) is 3.81. The summed E-state index contributed by atoms with van der Waals surface area (Å²) >= 11 is 3.46. The molecule has 1 nitrogen and oxygen atoms in total. The molecule has 0 radical (unpaired) electrons. The van der Waals surface area contributed by atoms with Gasteiger partial charge in [-0.2, -0.15) is 0 Å². The largest absolute Gasteiger partial charge is 0.298 e. The third kappa shape index (κ3) is 2.69. The smallest absolute Gasteiger partial charge is 0.147 e. The van der Waals surface area contributed by atoms with Crippen LogP contribution in [0.5, 0.6) is 0 Å². The van der Waals surface area contributed by atoms with E-state index in [4.69, 9.17) is 0 Å². The van der Waals surface area contributed by atoms with E-state index in [2.05, 4.69) is 35.8 Å². The highest BCUT2D eigenvalue weighted by atomic mass is 79.9. The van der Waals surface area contributed by atoms with Gasteiger partial charge in [-0.1, -0.05) is 48.0 Å². The Kier molecular flexibility index (Phi) is 4.52. The second kappa shape index (κ2) is 5.45. The Morgan fingerprint density at radius 1 is 1.33 bits per heavy atom. The van der Waals surface area contributed by atoms with E-state index in [0.29, 0.717) is 0 Å². The van der Waals surface area contributed by atoms with Crippen molar-refractivity contribution in [1.82, 2.24) is 0 Å². The summed E-state index contributed by atoms with van der Waals surface area (Å²) in [5, 5.41) is 0.